The molecule has 0 bridgehead atoms. The highest BCUT2D eigenvalue weighted by Crippen LogP contribution is 2.47. The Kier molecular flexibility index (Phi) is 4.27. The molecule has 4 heteroatoms. The Morgan fingerprint density at radius 2 is 2.00 bits per heavy atom. The molecule has 1 rings (SSSR count). The molecular formula is C12H21F3O. The fourth-order valence-electron chi connectivity index (χ4n) is 2.49. The van der Waals surface area contributed by atoms with Crippen molar-refractivity contribution in [3.05, 3.63) is 0 Å². The van der Waals surface area contributed by atoms with Gasteiger partial charge in [0.2, 0.25) is 0 Å². The lowest BCUT2D eigenvalue weighted by Gasteiger charge is -2.33. The second-order valence-corrected chi connectivity index (χ2v) is 5.16. The van der Waals surface area contributed by atoms with E-state index in [0.717, 1.165) is 12.8 Å². The summed E-state index contributed by atoms with van der Waals surface area (Å²) in [5.74, 6) is 0.00185. The SMILES string of the molecule is CCCC1CCC(CC(C)C)(C(F)(F)F)O1. The summed E-state index contributed by atoms with van der Waals surface area (Å²) in [6, 6.07) is 0. The number of hydrogen-bond donors (Lipinski definition) is 0. The molecule has 16 heavy (non-hydrogen) atoms. The van der Waals surface area contributed by atoms with Crippen LogP contribution in [0.5, 0.6) is 0 Å². The molecule has 2 atom stereocenters. The van der Waals surface area contributed by atoms with Gasteiger partial charge in [-0.2, -0.15) is 13.2 Å². The van der Waals surface area contributed by atoms with Crippen molar-refractivity contribution in [3.63, 3.8) is 0 Å². The molecule has 0 aromatic heterocycles. The molecule has 0 aromatic rings. The van der Waals surface area contributed by atoms with Crippen molar-refractivity contribution < 1.29 is 17.9 Å². The van der Waals surface area contributed by atoms with Crippen LogP contribution in [0.2, 0.25) is 0 Å². The van der Waals surface area contributed by atoms with Crippen LogP contribution in [0, 0.1) is 5.92 Å². The Bertz CT molecular complexity index is 225. The Balaban J connectivity index is 2.75. The molecule has 0 saturated carbocycles. The zero-order chi connectivity index (χ0) is 12.4. The van der Waals surface area contributed by atoms with Crippen LogP contribution in [0.1, 0.15) is 52.9 Å². The Labute approximate surface area is 95.4 Å². The second kappa shape index (κ2) is 4.94. The van der Waals surface area contributed by atoms with Gasteiger partial charge in [0, 0.05) is 0 Å². The minimum absolute atomic E-state index is 0.00185. The van der Waals surface area contributed by atoms with Crippen LogP contribution in [0.15, 0.2) is 0 Å². The van der Waals surface area contributed by atoms with Crippen LogP contribution in [0.25, 0.3) is 0 Å². The predicted octanol–water partition coefficient (Wildman–Crippen LogP) is 4.31. The van der Waals surface area contributed by atoms with E-state index in [4.69, 9.17) is 4.74 Å². The summed E-state index contributed by atoms with van der Waals surface area (Å²) in [5, 5.41) is 0. The standard InChI is InChI=1S/C12H21F3O/c1-4-5-10-6-7-11(16-10,8-9(2)3)12(13,14)15/h9-10H,4-8H2,1-3H3. The van der Waals surface area contributed by atoms with Gasteiger partial charge in [0.05, 0.1) is 6.10 Å². The van der Waals surface area contributed by atoms with E-state index in [9.17, 15) is 13.2 Å². The maximum Gasteiger partial charge on any atom is 0.417 e. The van der Waals surface area contributed by atoms with Crippen LogP contribution >= 0.6 is 0 Å². The Morgan fingerprint density at radius 3 is 2.44 bits per heavy atom. The van der Waals surface area contributed by atoms with Crippen molar-refractivity contribution in [2.24, 2.45) is 5.92 Å². The van der Waals surface area contributed by atoms with Crippen molar-refractivity contribution in [1.82, 2.24) is 0 Å². The van der Waals surface area contributed by atoms with E-state index in [0.29, 0.717) is 6.42 Å². The molecule has 1 heterocycles. The first-order chi connectivity index (χ1) is 7.31. The number of alkyl halides is 3. The van der Waals surface area contributed by atoms with Gasteiger partial charge in [0.25, 0.3) is 0 Å². The maximum absolute atomic E-state index is 13.1. The van der Waals surface area contributed by atoms with Crippen molar-refractivity contribution >= 4 is 0 Å². The first-order valence-corrected chi connectivity index (χ1v) is 6.05. The number of rotatable bonds is 4. The van der Waals surface area contributed by atoms with Gasteiger partial charge < -0.3 is 4.74 Å². The van der Waals surface area contributed by atoms with Gasteiger partial charge in [-0.05, 0) is 31.6 Å². The van der Waals surface area contributed by atoms with Crippen molar-refractivity contribution in [3.8, 4) is 0 Å². The Hall–Kier alpha value is -0.250. The van der Waals surface area contributed by atoms with Crippen molar-refractivity contribution in [2.45, 2.75) is 70.8 Å². The zero-order valence-corrected chi connectivity index (χ0v) is 10.2. The summed E-state index contributed by atoms with van der Waals surface area (Å²) in [5.41, 5.74) is -1.87. The maximum atomic E-state index is 13.1. The summed E-state index contributed by atoms with van der Waals surface area (Å²) in [6.07, 6.45) is -2.09. The fourth-order valence-corrected chi connectivity index (χ4v) is 2.49. The molecule has 1 nitrogen and oxygen atoms in total. The normalized spacial score (nSPS) is 31.3. The molecule has 0 N–H and O–H groups in total. The van der Waals surface area contributed by atoms with E-state index in [1.54, 1.807) is 0 Å². The molecule has 0 radical (unpaired) electrons. The molecule has 0 amide bonds. The summed E-state index contributed by atoms with van der Waals surface area (Å²) < 4.78 is 44.5. The zero-order valence-electron chi connectivity index (χ0n) is 10.2. The molecule has 0 aliphatic carbocycles. The number of halogens is 3. The highest BCUT2D eigenvalue weighted by atomic mass is 19.4. The van der Waals surface area contributed by atoms with Gasteiger partial charge in [-0.15, -0.1) is 0 Å². The van der Waals surface area contributed by atoms with E-state index in [-0.39, 0.29) is 24.9 Å². The predicted molar refractivity (Wildman–Crippen MR) is 57.3 cm³/mol. The molecule has 2 unspecified atom stereocenters. The highest BCUT2D eigenvalue weighted by Gasteiger charge is 2.59. The lowest BCUT2D eigenvalue weighted by Crippen LogP contribution is -2.46. The third kappa shape index (κ3) is 2.90. The lowest BCUT2D eigenvalue weighted by molar-refractivity contribution is -0.276. The molecule has 1 fully saturated rings. The van der Waals surface area contributed by atoms with Crippen molar-refractivity contribution in [2.75, 3.05) is 0 Å². The summed E-state index contributed by atoms with van der Waals surface area (Å²) in [6.45, 7) is 5.59. The van der Waals surface area contributed by atoms with Crippen LogP contribution in [0.4, 0.5) is 13.2 Å². The number of hydrogen-bond acceptors (Lipinski definition) is 1. The van der Waals surface area contributed by atoms with Crippen molar-refractivity contribution in [1.29, 1.82) is 0 Å². The van der Waals surface area contributed by atoms with E-state index in [2.05, 4.69) is 0 Å². The van der Waals surface area contributed by atoms with Crippen LogP contribution in [-0.4, -0.2) is 17.9 Å². The first kappa shape index (κ1) is 13.8. The first-order valence-electron chi connectivity index (χ1n) is 6.05. The molecule has 96 valence electrons. The van der Waals surface area contributed by atoms with Crippen LogP contribution in [0.3, 0.4) is 0 Å². The quantitative estimate of drug-likeness (QED) is 0.709. The van der Waals surface area contributed by atoms with Gasteiger partial charge in [-0.25, -0.2) is 0 Å². The van der Waals surface area contributed by atoms with E-state index >= 15 is 0 Å². The molecule has 1 aliphatic rings. The molecule has 0 aromatic carbocycles. The molecular weight excluding hydrogens is 217 g/mol. The monoisotopic (exact) mass is 238 g/mol. The molecule has 1 saturated heterocycles. The van der Waals surface area contributed by atoms with E-state index in [1.165, 1.54) is 0 Å². The summed E-state index contributed by atoms with van der Waals surface area (Å²) >= 11 is 0. The van der Waals surface area contributed by atoms with Gasteiger partial charge in [0.1, 0.15) is 0 Å². The largest absolute Gasteiger partial charge is 0.417 e. The minimum Gasteiger partial charge on any atom is -0.362 e. The van der Waals surface area contributed by atoms with Gasteiger partial charge in [0.15, 0.2) is 5.60 Å². The average Bonchev–Trinajstić information content (AvgIpc) is 2.48. The lowest BCUT2D eigenvalue weighted by atomic mass is 9.89. The third-order valence-corrected chi connectivity index (χ3v) is 3.13. The van der Waals surface area contributed by atoms with Gasteiger partial charge in [-0.1, -0.05) is 27.2 Å². The fraction of sp³-hybridized carbons (Fsp3) is 1.00. The third-order valence-electron chi connectivity index (χ3n) is 3.13. The van der Waals surface area contributed by atoms with Crippen LogP contribution in [-0.2, 0) is 4.74 Å². The highest BCUT2D eigenvalue weighted by molar-refractivity contribution is 4.95. The number of ether oxygens (including phenoxy) is 1. The minimum atomic E-state index is -4.24. The Morgan fingerprint density at radius 1 is 1.38 bits per heavy atom. The van der Waals surface area contributed by atoms with Gasteiger partial charge in [-0.3, -0.25) is 0 Å². The average molecular weight is 238 g/mol. The molecule has 0 spiro atoms. The topological polar surface area (TPSA) is 9.23 Å². The molecule has 1 aliphatic heterocycles. The smallest absolute Gasteiger partial charge is 0.362 e. The second-order valence-electron chi connectivity index (χ2n) is 5.16. The van der Waals surface area contributed by atoms with E-state index in [1.807, 2.05) is 20.8 Å². The summed E-state index contributed by atoms with van der Waals surface area (Å²) in [7, 11) is 0. The summed E-state index contributed by atoms with van der Waals surface area (Å²) in [4.78, 5) is 0. The van der Waals surface area contributed by atoms with Gasteiger partial charge >= 0.3 is 6.18 Å². The van der Waals surface area contributed by atoms with E-state index < -0.39 is 11.8 Å². The van der Waals surface area contributed by atoms with Crippen LogP contribution < -0.4 is 0 Å².